The van der Waals surface area contributed by atoms with Crippen LogP contribution >= 0.6 is 34.0 Å². The van der Waals surface area contributed by atoms with E-state index in [9.17, 15) is 67.7 Å². The van der Waals surface area contributed by atoms with E-state index >= 15 is 0 Å². The van der Waals surface area contributed by atoms with Gasteiger partial charge in [-0.25, -0.2) is 19.2 Å². The van der Waals surface area contributed by atoms with E-state index in [4.69, 9.17) is 29.2 Å². The molecule has 11 rings (SSSR count). The van der Waals surface area contributed by atoms with Crippen LogP contribution in [0.15, 0.2) is 188 Å². The van der Waals surface area contributed by atoms with Crippen LogP contribution in [0.4, 0.5) is 0 Å². The molecule has 1 fully saturated rings. The smallest absolute Gasteiger partial charge is 0.339 e. The Hall–Kier alpha value is -10.9. The number of carbonyl (C=O) groups is 12. The Kier molecular flexibility index (Phi) is 24.6. The fourth-order valence-electron chi connectivity index (χ4n) is 10.4. The van der Waals surface area contributed by atoms with Crippen LogP contribution in [-0.2, 0) is 57.3 Å². The van der Waals surface area contributed by atoms with Crippen molar-refractivity contribution in [3.63, 3.8) is 0 Å². The molecule has 0 amide bonds. The zero-order valence-corrected chi connectivity index (χ0v) is 54.0. The van der Waals surface area contributed by atoms with Crippen molar-refractivity contribution in [1.82, 2.24) is 0 Å². The molecule has 5 aliphatic rings. The van der Waals surface area contributed by atoms with Crippen molar-refractivity contribution < 1.29 is 96.9 Å². The van der Waals surface area contributed by atoms with Crippen molar-refractivity contribution >= 4 is 129 Å². The van der Waals surface area contributed by atoms with Crippen molar-refractivity contribution in [1.29, 1.82) is 0 Å². The number of rotatable bonds is 17. The molecule has 0 aliphatic heterocycles. The molecule has 0 bridgehead atoms. The van der Waals surface area contributed by atoms with Gasteiger partial charge >= 0.3 is 47.8 Å². The van der Waals surface area contributed by atoms with Crippen LogP contribution in [-0.4, -0.2) is 116 Å². The number of hydrogen-bond donors (Lipinski definition) is 4. The summed E-state index contributed by atoms with van der Waals surface area (Å²) in [5.74, 6) is -10.1. The first-order valence-corrected chi connectivity index (χ1v) is 32.6. The SMILES string of the molecule is CC(CC(=O)O)C(=O)OC1C=CC(=O)C1=Cc1ccsc1.Cc1ccc(C=C2C(=O)C=CC2OC(=O)c2ccccc2C(=O)O)c(C)c1.O=C1C=CC(OC(=O)C2CCCCC2C(=O)O)C1=Cc1ccsc1.O=C1C=CC(OC(=O)c2ccccc2C(=O)O)C1=Cc1ccsc1. The highest BCUT2D eigenvalue weighted by atomic mass is 32.1. The van der Waals surface area contributed by atoms with Crippen LogP contribution in [0.2, 0.25) is 0 Å². The third-order valence-electron chi connectivity index (χ3n) is 15.4. The van der Waals surface area contributed by atoms with Crippen molar-refractivity contribution in [3.05, 3.63) is 244 Å². The number of aryl methyl sites for hydroxylation is 2. The largest absolute Gasteiger partial charge is 0.481 e. The molecule has 96 heavy (non-hydrogen) atoms. The number of carbonyl (C=O) groups excluding carboxylic acids is 8. The van der Waals surface area contributed by atoms with E-state index in [2.05, 4.69) is 0 Å². The average Bonchev–Trinajstić information content (AvgIpc) is 1.54. The minimum absolute atomic E-state index is 0.0485. The number of carboxylic acids is 4. The summed E-state index contributed by atoms with van der Waals surface area (Å²) in [6.45, 7) is 5.41. The summed E-state index contributed by atoms with van der Waals surface area (Å²) < 4.78 is 21.5. The Morgan fingerprint density at radius 2 is 0.875 bits per heavy atom. The molecule has 3 aromatic carbocycles. The van der Waals surface area contributed by atoms with Crippen LogP contribution in [0, 0.1) is 31.6 Å². The summed E-state index contributed by atoms with van der Waals surface area (Å²) in [6, 6.07) is 23.0. The maximum Gasteiger partial charge on any atom is 0.339 e. The Morgan fingerprint density at radius 1 is 0.490 bits per heavy atom. The van der Waals surface area contributed by atoms with Gasteiger partial charge in [-0.05, 0) is 202 Å². The van der Waals surface area contributed by atoms with Gasteiger partial charge in [0, 0.05) is 22.3 Å². The third kappa shape index (κ3) is 18.9. The van der Waals surface area contributed by atoms with E-state index in [0.29, 0.717) is 35.1 Å². The van der Waals surface area contributed by atoms with Crippen LogP contribution < -0.4 is 0 Å². The second-order valence-corrected chi connectivity index (χ2v) is 24.6. The third-order valence-corrected chi connectivity index (χ3v) is 17.5. The van der Waals surface area contributed by atoms with E-state index in [1.54, 1.807) is 42.5 Å². The van der Waals surface area contributed by atoms with Gasteiger partial charge in [0.1, 0.15) is 24.4 Å². The van der Waals surface area contributed by atoms with E-state index in [1.165, 1.54) is 120 Å². The Morgan fingerprint density at radius 3 is 1.25 bits per heavy atom. The summed E-state index contributed by atoms with van der Waals surface area (Å²) in [4.78, 5) is 142. The highest BCUT2D eigenvalue weighted by molar-refractivity contribution is 7.08. The summed E-state index contributed by atoms with van der Waals surface area (Å²) in [5, 5.41) is 47.7. The number of thiophene rings is 3. The van der Waals surface area contributed by atoms with Crippen LogP contribution in [0.25, 0.3) is 24.3 Å². The number of aromatic carboxylic acids is 2. The number of ether oxygens (including phenoxy) is 4. The van der Waals surface area contributed by atoms with E-state index in [-0.39, 0.29) is 51.8 Å². The van der Waals surface area contributed by atoms with Crippen LogP contribution in [0.5, 0.6) is 0 Å². The number of hydrogen-bond acceptors (Lipinski definition) is 19. The number of allylic oxidation sites excluding steroid dienone is 4. The standard InChI is InChI=1S/C22H18O5.C18H18O5S.C18H12O5S.C15H14O5S/c1-13-7-8-15(14(2)11-13)12-18-19(23)9-10-20(18)27-22(26)17-6-4-3-5-16(17)21(24)25;2*19-15-5-6-16(14(15)9-11-7-8-24-10-11)23-18(22)13-4-2-1-3-12(13)17(20)21;1-9(6-14(17)18)15(19)20-13-3-2-12(16)11(13)7-10-4-5-21-8-10/h3-12,20H,1-2H3,(H,24,25);5-10,12-13,16H,1-4H2,(H,20,21);1-10,16H,(H,20,21);2-5,7-9,13H,6H2,1H3,(H,17,18). The predicted octanol–water partition coefficient (Wildman–Crippen LogP) is 12.3. The molecule has 3 heterocycles. The summed E-state index contributed by atoms with van der Waals surface area (Å²) in [7, 11) is 0. The molecule has 7 unspecified atom stereocenters. The van der Waals surface area contributed by atoms with Gasteiger partial charge in [-0.3, -0.25) is 38.4 Å². The van der Waals surface area contributed by atoms with Gasteiger partial charge in [-0.15, -0.1) is 0 Å². The monoisotopic (exact) mass is 1350 g/mol. The number of ketones is 4. The van der Waals surface area contributed by atoms with E-state index < -0.39 is 89.9 Å². The molecule has 23 heteroatoms. The first kappa shape index (κ1) is 71.0. The molecular formula is C73H62O20S3. The molecule has 1 saturated carbocycles. The molecule has 4 N–H and O–H groups in total. The first-order valence-electron chi connectivity index (χ1n) is 29.8. The molecule has 5 aliphatic carbocycles. The zero-order chi connectivity index (χ0) is 69.2. The number of aliphatic carboxylic acids is 2. The average molecular weight is 1360 g/mol. The fourth-order valence-corrected chi connectivity index (χ4v) is 12.3. The van der Waals surface area contributed by atoms with Crippen LogP contribution in [0.3, 0.4) is 0 Å². The lowest BCUT2D eigenvalue weighted by atomic mass is 9.79. The number of carboxylic acid groups (broad SMARTS) is 4. The maximum absolute atomic E-state index is 12.5. The molecular weight excluding hydrogens is 1290 g/mol. The quantitative estimate of drug-likeness (QED) is 0.0374. The van der Waals surface area contributed by atoms with E-state index in [1.807, 2.05) is 82.5 Å². The van der Waals surface area contributed by atoms with Crippen molar-refractivity contribution in [2.24, 2.45) is 17.8 Å². The molecule has 0 saturated heterocycles. The molecule has 3 aromatic heterocycles. The summed E-state index contributed by atoms with van der Waals surface area (Å²) >= 11 is 4.51. The second kappa shape index (κ2) is 33.3. The lowest BCUT2D eigenvalue weighted by Gasteiger charge is -2.27. The first-order chi connectivity index (χ1) is 45.9. The zero-order valence-electron chi connectivity index (χ0n) is 51.6. The van der Waals surface area contributed by atoms with Gasteiger partial charge in [-0.2, -0.15) is 34.0 Å². The van der Waals surface area contributed by atoms with Crippen molar-refractivity contribution in [2.75, 3.05) is 0 Å². The number of esters is 4. The minimum atomic E-state index is -1.22. The molecule has 0 radical (unpaired) electrons. The maximum atomic E-state index is 12.5. The van der Waals surface area contributed by atoms with Gasteiger partial charge in [-0.1, -0.05) is 67.8 Å². The van der Waals surface area contributed by atoms with Gasteiger partial charge in [0.2, 0.25) is 0 Å². The lowest BCUT2D eigenvalue weighted by molar-refractivity contribution is -0.161. The van der Waals surface area contributed by atoms with Gasteiger partial charge in [0.05, 0.1) is 46.4 Å². The molecule has 20 nitrogen and oxygen atoms in total. The second-order valence-electron chi connectivity index (χ2n) is 22.2. The number of benzene rings is 3. The molecule has 492 valence electrons. The summed E-state index contributed by atoms with van der Waals surface area (Å²) in [6.07, 6.45) is 17.4. The van der Waals surface area contributed by atoms with E-state index in [0.717, 1.165) is 46.2 Å². The molecule has 6 aromatic rings. The minimum Gasteiger partial charge on any atom is -0.481 e. The van der Waals surface area contributed by atoms with Crippen molar-refractivity contribution in [2.45, 2.75) is 77.3 Å². The van der Waals surface area contributed by atoms with Gasteiger partial charge in [0.25, 0.3) is 0 Å². The highest BCUT2D eigenvalue weighted by Gasteiger charge is 2.39. The van der Waals surface area contributed by atoms with Gasteiger partial charge in [0.15, 0.2) is 23.1 Å². The normalized spacial score (nSPS) is 21.0. The Bertz CT molecular complexity index is 4250. The Labute approximate surface area is 561 Å². The topological polar surface area (TPSA) is 323 Å². The molecule has 7 atom stereocenters. The molecule has 0 spiro atoms. The fraction of sp³-hybridized carbons (Fsp3) is 0.205. The van der Waals surface area contributed by atoms with Crippen molar-refractivity contribution in [3.8, 4) is 0 Å². The highest BCUT2D eigenvalue weighted by Crippen LogP contribution is 2.34. The van der Waals surface area contributed by atoms with Crippen LogP contribution in [0.1, 0.15) is 114 Å². The lowest BCUT2D eigenvalue weighted by Crippen LogP contribution is -2.35. The Balaban J connectivity index is 0.000000164. The predicted molar refractivity (Wildman–Crippen MR) is 357 cm³/mol. The van der Waals surface area contributed by atoms with Gasteiger partial charge < -0.3 is 39.4 Å². The summed E-state index contributed by atoms with van der Waals surface area (Å²) in [5.41, 5.74) is 6.65.